The molecule has 1 rings (SSSR count). The molecule has 1 amide bonds. The summed E-state index contributed by atoms with van der Waals surface area (Å²) in [4.78, 5) is 11.5. The maximum Gasteiger partial charge on any atom is 0.258 e. The number of ether oxygens (including phenoxy) is 2. The number of benzene rings is 1. The van der Waals surface area contributed by atoms with Crippen LogP contribution in [0, 0.1) is 0 Å². The Morgan fingerprint density at radius 2 is 2.15 bits per heavy atom. The average Bonchev–Trinajstić information content (AvgIpc) is 2.38. The minimum absolute atomic E-state index is 0.223. The third-order valence-electron chi connectivity index (χ3n) is 2.30. The van der Waals surface area contributed by atoms with Crippen molar-refractivity contribution in [1.29, 1.82) is 0 Å². The zero-order chi connectivity index (χ0) is 15.1. The molecule has 0 saturated heterocycles. The van der Waals surface area contributed by atoms with Crippen LogP contribution in [0.1, 0.15) is 12.5 Å². The molecule has 0 aliphatic rings. The fraction of sp³-hybridized carbons (Fsp3) is 0.357. The number of carbonyl (C=O) groups excluding carboxylic acids is 1. The first-order chi connectivity index (χ1) is 9.47. The van der Waals surface area contributed by atoms with E-state index in [0.29, 0.717) is 23.1 Å². The fourth-order valence-corrected chi connectivity index (χ4v) is 1.82. The lowest BCUT2D eigenvalue weighted by molar-refractivity contribution is -0.119. The highest BCUT2D eigenvalue weighted by Gasteiger charge is 2.10. The lowest BCUT2D eigenvalue weighted by Gasteiger charge is -2.12. The summed E-state index contributed by atoms with van der Waals surface area (Å²) in [5.74, 6) is 0.817. The van der Waals surface area contributed by atoms with Crippen LogP contribution in [-0.2, 0) is 4.79 Å². The Balaban J connectivity index is 2.94. The fourth-order valence-electron chi connectivity index (χ4n) is 1.55. The smallest absolute Gasteiger partial charge is 0.258 e. The zero-order valence-corrected chi connectivity index (χ0v) is 12.8. The molecule has 5 nitrogen and oxygen atoms in total. The molecule has 0 radical (unpaired) electrons. The molecule has 0 aliphatic carbocycles. The van der Waals surface area contributed by atoms with Gasteiger partial charge in [-0.15, -0.1) is 0 Å². The lowest BCUT2D eigenvalue weighted by atomic mass is 10.2. The van der Waals surface area contributed by atoms with Crippen LogP contribution in [0.3, 0.4) is 0 Å². The highest BCUT2D eigenvalue weighted by molar-refractivity contribution is 6.32. The molecule has 0 aliphatic heterocycles. The Hall–Kier alpha value is -1.72. The van der Waals surface area contributed by atoms with E-state index in [9.17, 15) is 4.79 Å². The van der Waals surface area contributed by atoms with Crippen molar-refractivity contribution in [1.82, 2.24) is 10.4 Å². The highest BCUT2D eigenvalue weighted by Crippen LogP contribution is 2.36. The van der Waals surface area contributed by atoms with Crippen LogP contribution in [0.4, 0.5) is 0 Å². The van der Waals surface area contributed by atoms with Gasteiger partial charge in [0, 0.05) is 20.2 Å². The van der Waals surface area contributed by atoms with E-state index < -0.39 is 0 Å². The monoisotopic (exact) mass is 298 g/mol. The molecule has 0 unspecified atom stereocenters. The van der Waals surface area contributed by atoms with Gasteiger partial charge in [-0.1, -0.05) is 11.6 Å². The van der Waals surface area contributed by atoms with Gasteiger partial charge in [-0.2, -0.15) is 0 Å². The van der Waals surface area contributed by atoms with E-state index >= 15 is 0 Å². The van der Waals surface area contributed by atoms with Gasteiger partial charge in [-0.3, -0.25) is 10.2 Å². The van der Waals surface area contributed by atoms with Gasteiger partial charge < -0.3 is 9.47 Å². The number of amides is 1. The van der Waals surface area contributed by atoms with Crippen molar-refractivity contribution in [2.45, 2.75) is 6.92 Å². The van der Waals surface area contributed by atoms with E-state index in [4.69, 9.17) is 21.1 Å². The minimum atomic E-state index is -0.223. The van der Waals surface area contributed by atoms with Crippen LogP contribution < -0.4 is 14.9 Å². The van der Waals surface area contributed by atoms with Crippen LogP contribution in [-0.4, -0.2) is 38.7 Å². The summed E-state index contributed by atoms with van der Waals surface area (Å²) < 4.78 is 10.7. The van der Waals surface area contributed by atoms with E-state index in [1.165, 1.54) is 6.08 Å². The molecule has 0 spiro atoms. The van der Waals surface area contributed by atoms with Crippen molar-refractivity contribution < 1.29 is 14.3 Å². The largest absolute Gasteiger partial charge is 0.493 e. The van der Waals surface area contributed by atoms with Crippen molar-refractivity contribution in [3.63, 3.8) is 0 Å². The first kappa shape index (κ1) is 16.3. The second kappa shape index (κ2) is 7.77. The molecule has 0 heterocycles. The van der Waals surface area contributed by atoms with Crippen LogP contribution in [0.2, 0.25) is 5.02 Å². The summed E-state index contributed by atoms with van der Waals surface area (Å²) in [6.45, 7) is 2.37. The third kappa shape index (κ3) is 4.75. The van der Waals surface area contributed by atoms with Crippen molar-refractivity contribution in [3.8, 4) is 11.5 Å². The van der Waals surface area contributed by atoms with E-state index in [0.717, 1.165) is 5.56 Å². The number of halogens is 1. The summed E-state index contributed by atoms with van der Waals surface area (Å²) in [6.07, 6.45) is 3.08. The number of carbonyl (C=O) groups is 1. The number of hydrazine groups is 1. The second-order valence-electron chi connectivity index (χ2n) is 4.17. The minimum Gasteiger partial charge on any atom is -0.493 e. The number of hydrogen-bond acceptors (Lipinski definition) is 4. The number of hydrogen-bond donors (Lipinski definition) is 1. The number of methoxy groups -OCH3 is 1. The summed E-state index contributed by atoms with van der Waals surface area (Å²) in [7, 11) is 5.02. The van der Waals surface area contributed by atoms with Crippen LogP contribution in [0.25, 0.3) is 6.08 Å². The molecule has 0 atom stereocenters. The molecule has 1 aromatic carbocycles. The van der Waals surface area contributed by atoms with Gasteiger partial charge in [0.1, 0.15) is 0 Å². The third-order valence-corrected chi connectivity index (χ3v) is 2.58. The van der Waals surface area contributed by atoms with E-state index in [1.54, 1.807) is 44.4 Å². The SMILES string of the molecule is CCOc1c(Cl)cc(/C=C/C(=O)NN(C)C)cc1OC. The molecule has 110 valence electrons. The summed E-state index contributed by atoms with van der Waals surface area (Å²) in [6, 6.07) is 3.48. The molecule has 1 N–H and O–H groups in total. The van der Waals surface area contributed by atoms with E-state index in [2.05, 4.69) is 5.43 Å². The average molecular weight is 299 g/mol. The van der Waals surface area contributed by atoms with Gasteiger partial charge in [-0.25, -0.2) is 5.01 Å². The molecule has 0 aromatic heterocycles. The topological polar surface area (TPSA) is 50.8 Å². The van der Waals surface area contributed by atoms with Gasteiger partial charge in [-0.05, 0) is 30.7 Å². The standard InChI is InChI=1S/C14H19ClN2O3/c1-5-20-14-11(15)8-10(9-12(14)19-4)6-7-13(18)16-17(2)3/h6-9H,5H2,1-4H3,(H,16,18)/b7-6+. The highest BCUT2D eigenvalue weighted by atomic mass is 35.5. The normalized spacial score (nSPS) is 10.9. The Bertz CT molecular complexity index is 501. The number of nitrogens with zero attached hydrogens (tertiary/aromatic N) is 1. The Morgan fingerprint density at radius 3 is 2.70 bits per heavy atom. The summed E-state index contributed by atoms with van der Waals surface area (Å²) in [5, 5.41) is 2.01. The second-order valence-corrected chi connectivity index (χ2v) is 4.58. The molecule has 20 heavy (non-hydrogen) atoms. The van der Waals surface area contributed by atoms with Crippen LogP contribution in [0.5, 0.6) is 11.5 Å². The molecule has 0 saturated carbocycles. The molecular weight excluding hydrogens is 280 g/mol. The van der Waals surface area contributed by atoms with Gasteiger partial charge in [0.2, 0.25) is 0 Å². The maximum atomic E-state index is 11.5. The predicted molar refractivity (Wildman–Crippen MR) is 80.0 cm³/mol. The number of nitrogens with one attached hydrogen (secondary N) is 1. The first-order valence-electron chi connectivity index (χ1n) is 6.14. The Morgan fingerprint density at radius 1 is 1.45 bits per heavy atom. The van der Waals surface area contributed by atoms with Crippen molar-refractivity contribution in [3.05, 3.63) is 28.8 Å². The lowest BCUT2D eigenvalue weighted by Crippen LogP contribution is -2.34. The van der Waals surface area contributed by atoms with Gasteiger partial charge in [0.25, 0.3) is 5.91 Å². The first-order valence-corrected chi connectivity index (χ1v) is 6.52. The van der Waals surface area contributed by atoms with Gasteiger partial charge in [0.15, 0.2) is 11.5 Å². The zero-order valence-electron chi connectivity index (χ0n) is 12.1. The van der Waals surface area contributed by atoms with Gasteiger partial charge in [0.05, 0.1) is 18.7 Å². The number of rotatable bonds is 6. The quantitative estimate of drug-likeness (QED) is 0.647. The summed E-state index contributed by atoms with van der Waals surface area (Å²) in [5.41, 5.74) is 3.36. The maximum absolute atomic E-state index is 11.5. The Labute approximate surface area is 124 Å². The van der Waals surface area contributed by atoms with E-state index in [1.807, 2.05) is 6.92 Å². The molecule has 0 fully saturated rings. The van der Waals surface area contributed by atoms with Gasteiger partial charge >= 0.3 is 0 Å². The molecule has 0 bridgehead atoms. The van der Waals surface area contributed by atoms with Crippen molar-refractivity contribution in [2.24, 2.45) is 0 Å². The van der Waals surface area contributed by atoms with E-state index in [-0.39, 0.29) is 5.91 Å². The Kier molecular flexibility index (Phi) is 6.35. The molecule has 1 aromatic rings. The van der Waals surface area contributed by atoms with Crippen molar-refractivity contribution >= 4 is 23.6 Å². The van der Waals surface area contributed by atoms with Crippen LogP contribution in [0.15, 0.2) is 18.2 Å². The predicted octanol–water partition coefficient (Wildman–Crippen LogP) is 2.35. The molecular formula is C14H19ClN2O3. The summed E-state index contributed by atoms with van der Waals surface area (Å²) >= 11 is 6.14. The van der Waals surface area contributed by atoms with Crippen LogP contribution >= 0.6 is 11.6 Å². The van der Waals surface area contributed by atoms with Crippen molar-refractivity contribution in [2.75, 3.05) is 27.8 Å². The molecule has 6 heteroatoms.